The predicted molar refractivity (Wildman–Crippen MR) is 115 cm³/mol. The van der Waals surface area contributed by atoms with Crippen molar-refractivity contribution in [1.82, 2.24) is 4.90 Å². The second-order valence-corrected chi connectivity index (χ2v) is 6.83. The monoisotopic (exact) mass is 402 g/mol. The van der Waals surface area contributed by atoms with Crippen LogP contribution in [0.3, 0.4) is 0 Å². The number of hydrogen-bond acceptors (Lipinski definition) is 4. The van der Waals surface area contributed by atoms with Crippen molar-refractivity contribution in [1.29, 1.82) is 0 Å². The Morgan fingerprint density at radius 1 is 0.767 bits per heavy atom. The van der Waals surface area contributed by atoms with E-state index in [0.717, 1.165) is 0 Å². The third kappa shape index (κ3) is 5.32. The number of carbonyl (C=O) groups is 3. The maximum Gasteiger partial charge on any atom is 0.262 e. The highest BCUT2D eigenvalue weighted by Gasteiger charge is 2.10. The number of rotatable bonds is 7. The molecule has 0 aromatic heterocycles. The lowest BCUT2D eigenvalue weighted by atomic mass is 10.0. The average Bonchev–Trinajstić information content (AvgIpc) is 2.78. The first kappa shape index (κ1) is 20.8. The molecule has 0 unspecified atom stereocenters. The molecule has 1 N–H and O–H groups in total. The standard InChI is InChI=1S/C24H22N2O4/c1-26(2)24(29)19-8-12-20(13-9-19)25-22(27)16-30-21-14-10-18(11-15-21)23(28)17-6-4-3-5-7-17/h3-15H,16H2,1-2H3,(H,25,27). The summed E-state index contributed by atoms with van der Waals surface area (Å²) in [5.41, 5.74) is 2.27. The Morgan fingerprint density at radius 3 is 1.93 bits per heavy atom. The zero-order valence-electron chi connectivity index (χ0n) is 16.8. The van der Waals surface area contributed by atoms with Crippen LogP contribution in [0.1, 0.15) is 26.3 Å². The minimum Gasteiger partial charge on any atom is -0.484 e. The predicted octanol–water partition coefficient (Wildman–Crippen LogP) is 3.64. The summed E-state index contributed by atoms with van der Waals surface area (Å²) in [5.74, 6) is -0.0192. The molecule has 0 bridgehead atoms. The highest BCUT2D eigenvalue weighted by molar-refractivity contribution is 6.09. The molecule has 0 radical (unpaired) electrons. The molecule has 0 aliphatic heterocycles. The van der Waals surface area contributed by atoms with Gasteiger partial charge in [-0.1, -0.05) is 30.3 Å². The molecule has 152 valence electrons. The molecule has 3 aromatic carbocycles. The van der Waals surface area contributed by atoms with Gasteiger partial charge in [-0.2, -0.15) is 0 Å². The number of carbonyl (C=O) groups excluding carboxylic acids is 3. The number of nitrogens with zero attached hydrogens (tertiary/aromatic N) is 1. The highest BCUT2D eigenvalue weighted by atomic mass is 16.5. The Labute approximate surface area is 175 Å². The molecule has 6 heteroatoms. The molecule has 0 spiro atoms. The fraction of sp³-hybridized carbons (Fsp3) is 0.125. The number of anilines is 1. The van der Waals surface area contributed by atoms with E-state index in [0.29, 0.717) is 28.1 Å². The Balaban J connectivity index is 1.52. The van der Waals surface area contributed by atoms with Gasteiger partial charge in [0, 0.05) is 36.5 Å². The molecule has 0 aliphatic rings. The second-order valence-electron chi connectivity index (χ2n) is 6.83. The molecule has 0 saturated heterocycles. The first-order chi connectivity index (χ1) is 14.4. The summed E-state index contributed by atoms with van der Waals surface area (Å²) in [5, 5.41) is 2.72. The van der Waals surface area contributed by atoms with Gasteiger partial charge in [0.1, 0.15) is 5.75 Å². The average molecular weight is 402 g/mol. The van der Waals surface area contributed by atoms with Crippen LogP contribution in [0.25, 0.3) is 0 Å². The maximum absolute atomic E-state index is 12.4. The van der Waals surface area contributed by atoms with Gasteiger partial charge < -0.3 is 15.0 Å². The van der Waals surface area contributed by atoms with Gasteiger partial charge in [-0.25, -0.2) is 0 Å². The van der Waals surface area contributed by atoms with E-state index in [1.807, 2.05) is 18.2 Å². The van der Waals surface area contributed by atoms with Crippen LogP contribution >= 0.6 is 0 Å². The molecule has 6 nitrogen and oxygen atoms in total. The molecule has 0 heterocycles. The Kier molecular flexibility index (Phi) is 6.60. The van der Waals surface area contributed by atoms with E-state index in [4.69, 9.17) is 4.74 Å². The molecular weight excluding hydrogens is 380 g/mol. The van der Waals surface area contributed by atoms with E-state index in [-0.39, 0.29) is 24.2 Å². The van der Waals surface area contributed by atoms with Crippen molar-refractivity contribution in [3.05, 3.63) is 95.6 Å². The fourth-order valence-electron chi connectivity index (χ4n) is 2.76. The van der Waals surface area contributed by atoms with Gasteiger partial charge in [0.25, 0.3) is 11.8 Å². The van der Waals surface area contributed by atoms with Crippen molar-refractivity contribution in [3.8, 4) is 5.75 Å². The van der Waals surface area contributed by atoms with Crippen LogP contribution in [0.5, 0.6) is 5.75 Å². The van der Waals surface area contributed by atoms with Crippen molar-refractivity contribution < 1.29 is 19.1 Å². The third-order valence-electron chi connectivity index (χ3n) is 4.34. The quantitative estimate of drug-likeness (QED) is 0.612. The summed E-state index contributed by atoms with van der Waals surface area (Å²) < 4.78 is 5.49. The van der Waals surface area contributed by atoms with Crippen molar-refractivity contribution in [3.63, 3.8) is 0 Å². The van der Waals surface area contributed by atoms with E-state index < -0.39 is 0 Å². The molecule has 30 heavy (non-hydrogen) atoms. The lowest BCUT2D eigenvalue weighted by Gasteiger charge is -2.11. The largest absolute Gasteiger partial charge is 0.484 e. The topological polar surface area (TPSA) is 75.7 Å². The summed E-state index contributed by atoms with van der Waals surface area (Å²) in [7, 11) is 3.36. The summed E-state index contributed by atoms with van der Waals surface area (Å²) in [6.45, 7) is -0.176. The second kappa shape index (κ2) is 9.52. The molecule has 0 aliphatic carbocycles. The maximum atomic E-state index is 12.4. The van der Waals surface area contributed by atoms with Crippen LogP contribution in [0.4, 0.5) is 5.69 Å². The normalized spacial score (nSPS) is 10.2. The first-order valence-electron chi connectivity index (χ1n) is 9.38. The molecule has 3 rings (SSSR count). The summed E-state index contributed by atoms with van der Waals surface area (Å²) in [6.07, 6.45) is 0. The van der Waals surface area contributed by atoms with Gasteiger partial charge >= 0.3 is 0 Å². The van der Waals surface area contributed by atoms with Crippen LogP contribution in [-0.2, 0) is 4.79 Å². The molecule has 0 saturated carbocycles. The van der Waals surface area contributed by atoms with Crippen LogP contribution in [0.2, 0.25) is 0 Å². The Morgan fingerprint density at radius 2 is 1.33 bits per heavy atom. The van der Waals surface area contributed by atoms with Crippen molar-refractivity contribution in [2.45, 2.75) is 0 Å². The lowest BCUT2D eigenvalue weighted by Crippen LogP contribution is -2.22. The van der Waals surface area contributed by atoms with Gasteiger partial charge in [0.15, 0.2) is 12.4 Å². The van der Waals surface area contributed by atoms with Gasteiger partial charge in [-0.3, -0.25) is 14.4 Å². The number of nitrogens with one attached hydrogen (secondary N) is 1. The molecule has 0 fully saturated rings. The summed E-state index contributed by atoms with van der Waals surface area (Å²) in [4.78, 5) is 37.9. The van der Waals surface area contributed by atoms with E-state index in [1.165, 1.54) is 4.90 Å². The van der Waals surface area contributed by atoms with Crippen LogP contribution < -0.4 is 10.1 Å². The van der Waals surface area contributed by atoms with Crippen LogP contribution in [0, 0.1) is 0 Å². The number of hydrogen-bond donors (Lipinski definition) is 1. The lowest BCUT2D eigenvalue weighted by molar-refractivity contribution is -0.118. The zero-order chi connectivity index (χ0) is 21.5. The summed E-state index contributed by atoms with van der Waals surface area (Å²) in [6, 6.07) is 22.3. The molecule has 0 atom stereocenters. The van der Waals surface area contributed by atoms with Crippen LogP contribution in [0.15, 0.2) is 78.9 Å². The van der Waals surface area contributed by atoms with E-state index >= 15 is 0 Å². The van der Waals surface area contributed by atoms with Crippen molar-refractivity contribution in [2.24, 2.45) is 0 Å². The van der Waals surface area contributed by atoms with Gasteiger partial charge in [0.2, 0.25) is 0 Å². The highest BCUT2D eigenvalue weighted by Crippen LogP contribution is 2.16. The van der Waals surface area contributed by atoms with Gasteiger partial charge in [0.05, 0.1) is 0 Å². The number of ketones is 1. The Hall–Kier alpha value is -3.93. The zero-order valence-corrected chi connectivity index (χ0v) is 16.8. The SMILES string of the molecule is CN(C)C(=O)c1ccc(NC(=O)COc2ccc(C(=O)c3ccccc3)cc2)cc1. The minimum absolute atomic E-state index is 0.0731. The first-order valence-corrected chi connectivity index (χ1v) is 9.38. The third-order valence-corrected chi connectivity index (χ3v) is 4.34. The number of amides is 2. The number of ether oxygens (including phenoxy) is 1. The number of benzene rings is 3. The molecule has 3 aromatic rings. The van der Waals surface area contributed by atoms with Crippen molar-refractivity contribution >= 4 is 23.3 Å². The van der Waals surface area contributed by atoms with E-state index in [9.17, 15) is 14.4 Å². The Bertz CT molecular complexity index is 1030. The fourth-order valence-corrected chi connectivity index (χ4v) is 2.76. The molecular formula is C24H22N2O4. The van der Waals surface area contributed by atoms with Gasteiger partial charge in [-0.05, 0) is 48.5 Å². The smallest absolute Gasteiger partial charge is 0.262 e. The van der Waals surface area contributed by atoms with E-state index in [1.54, 1.807) is 74.8 Å². The molecule has 2 amide bonds. The van der Waals surface area contributed by atoms with Crippen molar-refractivity contribution in [2.75, 3.05) is 26.0 Å². The summed E-state index contributed by atoms with van der Waals surface area (Å²) >= 11 is 0. The van der Waals surface area contributed by atoms with Crippen LogP contribution in [-0.4, -0.2) is 43.2 Å². The van der Waals surface area contributed by atoms with E-state index in [2.05, 4.69) is 5.32 Å². The van der Waals surface area contributed by atoms with Gasteiger partial charge in [-0.15, -0.1) is 0 Å². The minimum atomic E-state index is -0.328.